The van der Waals surface area contributed by atoms with Crippen molar-refractivity contribution in [3.63, 3.8) is 0 Å². The van der Waals surface area contributed by atoms with Crippen LogP contribution in [0.3, 0.4) is 0 Å². The number of carbonyl (C=O) groups excluding carboxylic acids is 2. The first kappa shape index (κ1) is 36.7. The summed E-state index contributed by atoms with van der Waals surface area (Å²) >= 11 is 0. The maximum atomic E-state index is 12.3. The van der Waals surface area contributed by atoms with E-state index in [-0.39, 0.29) is 24.0 Å². The van der Waals surface area contributed by atoms with Crippen LogP contribution in [0.2, 0.25) is 0 Å². The van der Waals surface area contributed by atoms with E-state index in [2.05, 4.69) is 52.0 Å². The normalized spacial score (nSPS) is 30.8. The van der Waals surface area contributed by atoms with Crippen LogP contribution in [0, 0.1) is 35.5 Å². The van der Waals surface area contributed by atoms with Crippen LogP contribution in [0.1, 0.15) is 164 Å². The van der Waals surface area contributed by atoms with Gasteiger partial charge < -0.3 is 9.47 Å². The summed E-state index contributed by atoms with van der Waals surface area (Å²) in [5, 5.41) is 0. The molecule has 2 aromatic carbocycles. The van der Waals surface area contributed by atoms with Gasteiger partial charge in [0.1, 0.15) is 11.9 Å². The molecule has 4 nitrogen and oxygen atoms in total. The lowest BCUT2D eigenvalue weighted by atomic mass is 9.79. The van der Waals surface area contributed by atoms with E-state index in [1.807, 2.05) is 0 Å². The first-order valence-electron chi connectivity index (χ1n) is 19.8. The second kappa shape index (κ2) is 18.4. The van der Waals surface area contributed by atoms with Gasteiger partial charge in [0.2, 0.25) is 0 Å². The van der Waals surface area contributed by atoms with Crippen molar-refractivity contribution >= 4 is 11.9 Å². The quantitative estimate of drug-likeness (QED) is 0.210. The topological polar surface area (TPSA) is 52.6 Å². The van der Waals surface area contributed by atoms with E-state index in [0.29, 0.717) is 17.2 Å². The van der Waals surface area contributed by atoms with Gasteiger partial charge in [-0.2, -0.15) is 0 Å². The molecular formula is C44H64O4. The standard InChI is InChI=1S/C22H30O4.C22H34/c1-15-3-7-17(8-4-15)21(23)26-20-13-9-18(10-14-20)22(24)25-19-11-5-16(2)6-12-19;1-17-3-7-19(8-4-17)9-10-20-11-15-22(16-12-20)21-13-5-18(2)6-14-21/h9-10,13-17,19H,3-8,11-12H2,1-2H3;11-12,15-19,21H,3-10,13-14H2,1-2H3. The molecule has 0 spiro atoms. The van der Waals surface area contributed by atoms with Gasteiger partial charge in [0.05, 0.1) is 11.5 Å². The second-order valence-electron chi connectivity index (χ2n) is 16.6. The van der Waals surface area contributed by atoms with Crippen LogP contribution in [0.4, 0.5) is 0 Å². The van der Waals surface area contributed by atoms with Crippen molar-refractivity contribution in [1.82, 2.24) is 0 Å². The van der Waals surface area contributed by atoms with Crippen molar-refractivity contribution in [3.8, 4) is 5.75 Å². The molecule has 4 saturated carbocycles. The Morgan fingerprint density at radius 3 is 1.65 bits per heavy atom. The van der Waals surface area contributed by atoms with Crippen LogP contribution < -0.4 is 4.74 Å². The van der Waals surface area contributed by atoms with Gasteiger partial charge in [-0.15, -0.1) is 0 Å². The van der Waals surface area contributed by atoms with E-state index >= 15 is 0 Å². The number of carbonyl (C=O) groups is 2. The molecule has 4 aliphatic carbocycles. The van der Waals surface area contributed by atoms with Crippen LogP contribution >= 0.6 is 0 Å². The molecule has 0 bridgehead atoms. The molecule has 0 atom stereocenters. The first-order valence-corrected chi connectivity index (χ1v) is 19.8. The van der Waals surface area contributed by atoms with Gasteiger partial charge in [-0.3, -0.25) is 4.79 Å². The van der Waals surface area contributed by atoms with Crippen LogP contribution in [-0.4, -0.2) is 18.0 Å². The fourth-order valence-corrected chi connectivity index (χ4v) is 8.46. The zero-order chi connectivity index (χ0) is 33.9. The fourth-order valence-electron chi connectivity index (χ4n) is 8.46. The molecule has 48 heavy (non-hydrogen) atoms. The van der Waals surface area contributed by atoms with Gasteiger partial charge in [0.25, 0.3) is 0 Å². The molecule has 0 unspecified atom stereocenters. The highest BCUT2D eigenvalue weighted by molar-refractivity contribution is 5.89. The minimum atomic E-state index is -0.288. The zero-order valence-electron chi connectivity index (χ0n) is 30.6. The summed E-state index contributed by atoms with van der Waals surface area (Å²) in [5.41, 5.74) is 3.67. The van der Waals surface area contributed by atoms with Gasteiger partial charge in [0.15, 0.2) is 0 Å². The van der Waals surface area contributed by atoms with Crippen molar-refractivity contribution < 1.29 is 19.1 Å². The molecule has 0 heterocycles. The highest BCUT2D eigenvalue weighted by Gasteiger charge is 2.27. The number of hydrogen-bond acceptors (Lipinski definition) is 4. The Morgan fingerprint density at radius 1 is 0.583 bits per heavy atom. The predicted molar refractivity (Wildman–Crippen MR) is 196 cm³/mol. The summed E-state index contributed by atoms with van der Waals surface area (Å²) in [4.78, 5) is 24.5. The van der Waals surface area contributed by atoms with Crippen molar-refractivity contribution in [3.05, 3.63) is 65.2 Å². The van der Waals surface area contributed by atoms with Gasteiger partial charge in [0, 0.05) is 0 Å². The maximum absolute atomic E-state index is 12.3. The fraction of sp³-hybridized carbons (Fsp3) is 0.682. The molecule has 2 aromatic rings. The molecule has 0 N–H and O–H groups in total. The van der Waals surface area contributed by atoms with E-state index in [1.165, 1.54) is 64.2 Å². The van der Waals surface area contributed by atoms with Crippen LogP contribution in [0.25, 0.3) is 0 Å². The highest BCUT2D eigenvalue weighted by Crippen LogP contribution is 2.36. The summed E-state index contributed by atoms with van der Waals surface area (Å²) in [6, 6.07) is 16.4. The van der Waals surface area contributed by atoms with Gasteiger partial charge in [-0.25, -0.2) is 4.79 Å². The Kier molecular flexibility index (Phi) is 14.0. The highest BCUT2D eigenvalue weighted by atomic mass is 16.5. The number of esters is 2. The summed E-state index contributed by atoms with van der Waals surface area (Å²) in [5.74, 6) is 5.26. The van der Waals surface area contributed by atoms with E-state index in [4.69, 9.17) is 9.47 Å². The number of rotatable bonds is 8. The molecule has 4 heteroatoms. The van der Waals surface area contributed by atoms with Crippen molar-refractivity contribution in [1.29, 1.82) is 0 Å². The van der Waals surface area contributed by atoms with Crippen molar-refractivity contribution in [2.45, 2.75) is 155 Å². The van der Waals surface area contributed by atoms with E-state index in [0.717, 1.165) is 81.0 Å². The smallest absolute Gasteiger partial charge is 0.338 e. The average molecular weight is 657 g/mol. The van der Waals surface area contributed by atoms with Gasteiger partial charge in [-0.1, -0.05) is 90.5 Å². The Bertz CT molecular complexity index is 1230. The molecule has 0 aliphatic heterocycles. The third-order valence-electron chi connectivity index (χ3n) is 12.3. The molecule has 0 aromatic heterocycles. The van der Waals surface area contributed by atoms with E-state index < -0.39 is 0 Å². The number of benzene rings is 2. The summed E-state index contributed by atoms with van der Waals surface area (Å²) in [6.45, 7) is 9.30. The first-order chi connectivity index (χ1) is 23.2. The minimum absolute atomic E-state index is 0.00420. The van der Waals surface area contributed by atoms with Crippen LogP contribution in [-0.2, 0) is 16.0 Å². The van der Waals surface area contributed by atoms with Crippen LogP contribution in [0.5, 0.6) is 5.75 Å². The van der Waals surface area contributed by atoms with Gasteiger partial charge in [-0.05, 0) is 148 Å². The third-order valence-corrected chi connectivity index (χ3v) is 12.3. The number of ether oxygens (including phenoxy) is 2. The maximum Gasteiger partial charge on any atom is 0.338 e. The molecule has 0 saturated heterocycles. The number of hydrogen-bond donors (Lipinski definition) is 0. The Hall–Kier alpha value is -2.62. The lowest BCUT2D eigenvalue weighted by molar-refractivity contribution is -0.140. The van der Waals surface area contributed by atoms with E-state index in [9.17, 15) is 9.59 Å². The predicted octanol–water partition coefficient (Wildman–Crippen LogP) is 11.9. The summed E-state index contributed by atoms with van der Waals surface area (Å²) < 4.78 is 11.1. The van der Waals surface area contributed by atoms with Gasteiger partial charge >= 0.3 is 11.9 Å². The molecule has 4 aliphatic rings. The molecule has 264 valence electrons. The van der Waals surface area contributed by atoms with Crippen molar-refractivity contribution in [2.75, 3.05) is 0 Å². The van der Waals surface area contributed by atoms with Crippen LogP contribution in [0.15, 0.2) is 48.5 Å². The molecule has 6 rings (SSSR count). The molecule has 4 fully saturated rings. The SMILES string of the molecule is CC1CCC(CCc2ccc(C3CCC(C)CC3)cc2)CC1.CC1CCC(OC(=O)c2ccc(OC(=O)C3CCC(C)CC3)cc2)CC1. The molecular weight excluding hydrogens is 592 g/mol. The third kappa shape index (κ3) is 11.5. The number of aryl methyl sites for hydroxylation is 1. The average Bonchev–Trinajstić information content (AvgIpc) is 3.10. The monoisotopic (exact) mass is 656 g/mol. The Labute approximate surface area is 292 Å². The largest absolute Gasteiger partial charge is 0.459 e. The Balaban J connectivity index is 0.000000190. The van der Waals surface area contributed by atoms with Crippen molar-refractivity contribution in [2.24, 2.45) is 35.5 Å². The lowest BCUT2D eigenvalue weighted by Gasteiger charge is -2.27. The molecule has 0 amide bonds. The zero-order valence-corrected chi connectivity index (χ0v) is 30.6. The summed E-state index contributed by atoms with van der Waals surface area (Å²) in [6.07, 6.45) is 22.4. The minimum Gasteiger partial charge on any atom is -0.459 e. The lowest BCUT2D eigenvalue weighted by Crippen LogP contribution is -2.25. The second-order valence-corrected chi connectivity index (χ2v) is 16.6. The summed E-state index contributed by atoms with van der Waals surface area (Å²) in [7, 11) is 0. The Morgan fingerprint density at radius 2 is 1.08 bits per heavy atom. The molecule has 0 radical (unpaired) electrons. The van der Waals surface area contributed by atoms with E-state index in [1.54, 1.807) is 35.4 Å².